The van der Waals surface area contributed by atoms with Crippen molar-refractivity contribution in [3.05, 3.63) is 53.1 Å². The fourth-order valence-corrected chi connectivity index (χ4v) is 4.61. The van der Waals surface area contributed by atoms with Gasteiger partial charge < -0.3 is 14.5 Å². The van der Waals surface area contributed by atoms with E-state index in [1.165, 1.54) is 0 Å². The molecule has 1 fully saturated rings. The van der Waals surface area contributed by atoms with E-state index < -0.39 is 10.0 Å². The molecule has 0 spiro atoms. The average molecular weight is 452 g/mol. The lowest BCUT2D eigenvalue weighted by Gasteiger charge is -2.37. The van der Waals surface area contributed by atoms with Crippen LogP contribution in [0.4, 0.5) is 11.4 Å². The predicted molar refractivity (Wildman–Crippen MR) is 120 cm³/mol. The number of methoxy groups -OCH3 is 1. The van der Waals surface area contributed by atoms with Crippen LogP contribution in [0.2, 0.25) is 5.02 Å². The maximum Gasteiger partial charge on any atom is 0.243 e. The number of carbonyl (C=O) groups is 1. The molecule has 0 saturated carbocycles. The lowest BCUT2D eigenvalue weighted by atomic mass is 10.2. The van der Waals surface area contributed by atoms with Gasteiger partial charge in [-0.25, -0.2) is 8.42 Å². The molecule has 2 aromatic rings. The molecule has 0 radical (unpaired) electrons. The molecule has 0 atom stereocenters. The van der Waals surface area contributed by atoms with Crippen LogP contribution in [-0.4, -0.2) is 65.3 Å². The van der Waals surface area contributed by atoms with Crippen molar-refractivity contribution in [3.63, 3.8) is 0 Å². The number of piperazine rings is 1. The molecule has 1 saturated heterocycles. The van der Waals surface area contributed by atoms with Gasteiger partial charge in [-0.05, 0) is 36.8 Å². The van der Waals surface area contributed by atoms with E-state index >= 15 is 0 Å². The van der Waals surface area contributed by atoms with Crippen molar-refractivity contribution < 1.29 is 17.9 Å². The van der Waals surface area contributed by atoms with E-state index in [-0.39, 0.29) is 12.5 Å². The van der Waals surface area contributed by atoms with Gasteiger partial charge in [0.2, 0.25) is 15.9 Å². The molecule has 0 aromatic heterocycles. The number of carbonyl (C=O) groups excluding carboxylic acids is 1. The molecular weight excluding hydrogens is 426 g/mol. The largest absolute Gasteiger partial charge is 0.495 e. The molecular formula is C21H26ClN3O4S. The molecule has 2 aromatic carbocycles. The van der Waals surface area contributed by atoms with Crippen LogP contribution >= 0.6 is 11.6 Å². The highest BCUT2D eigenvalue weighted by molar-refractivity contribution is 7.92. The Balaban J connectivity index is 1.71. The Morgan fingerprint density at radius 3 is 2.43 bits per heavy atom. The Labute approximate surface area is 182 Å². The summed E-state index contributed by atoms with van der Waals surface area (Å²) in [5.41, 5.74) is 2.14. The Hall–Kier alpha value is -2.45. The summed E-state index contributed by atoms with van der Waals surface area (Å²) >= 11 is 6.06. The quantitative estimate of drug-likeness (QED) is 0.675. The second-order valence-electron chi connectivity index (χ2n) is 7.24. The summed E-state index contributed by atoms with van der Waals surface area (Å²) in [6.07, 6.45) is 1.10. The molecule has 1 heterocycles. The number of halogens is 1. The molecule has 0 aliphatic carbocycles. The lowest BCUT2D eigenvalue weighted by Crippen LogP contribution is -2.52. The number of hydrogen-bond donors (Lipinski definition) is 0. The molecule has 3 rings (SSSR count). The number of hydrogen-bond acceptors (Lipinski definition) is 5. The molecule has 0 N–H and O–H groups in total. The van der Waals surface area contributed by atoms with E-state index in [4.69, 9.17) is 16.3 Å². The maximum atomic E-state index is 12.9. The standard InChI is InChI=1S/C21H26ClN3O4S/c1-16-8-9-17(22)14-19(16)25(30(3,27)28)15-21(26)24-12-10-23(11-13-24)18-6-4-5-7-20(18)29-2/h4-9,14H,10-13,15H2,1-3H3. The summed E-state index contributed by atoms with van der Waals surface area (Å²) in [5.74, 6) is 0.552. The number of amides is 1. The fourth-order valence-electron chi connectivity index (χ4n) is 3.54. The van der Waals surface area contributed by atoms with Crippen molar-refractivity contribution in [1.29, 1.82) is 0 Å². The van der Waals surface area contributed by atoms with E-state index in [1.807, 2.05) is 24.3 Å². The van der Waals surface area contributed by atoms with Crippen LogP contribution in [-0.2, 0) is 14.8 Å². The molecule has 9 heteroatoms. The van der Waals surface area contributed by atoms with Gasteiger partial charge in [0.1, 0.15) is 12.3 Å². The first-order chi connectivity index (χ1) is 14.2. The highest BCUT2D eigenvalue weighted by Gasteiger charge is 2.28. The van der Waals surface area contributed by atoms with Crippen molar-refractivity contribution in [1.82, 2.24) is 4.90 Å². The normalized spacial score (nSPS) is 14.5. The zero-order chi connectivity index (χ0) is 21.9. The third-order valence-corrected chi connectivity index (χ3v) is 6.54. The molecule has 30 heavy (non-hydrogen) atoms. The Bertz CT molecular complexity index is 1020. The number of ether oxygens (including phenoxy) is 1. The second kappa shape index (κ2) is 9.14. The summed E-state index contributed by atoms with van der Waals surface area (Å²) < 4.78 is 31.4. The minimum absolute atomic E-state index is 0.237. The smallest absolute Gasteiger partial charge is 0.243 e. The van der Waals surface area contributed by atoms with Crippen LogP contribution < -0.4 is 13.9 Å². The van der Waals surface area contributed by atoms with Gasteiger partial charge >= 0.3 is 0 Å². The molecule has 1 amide bonds. The summed E-state index contributed by atoms with van der Waals surface area (Å²) in [4.78, 5) is 16.8. The first kappa shape index (κ1) is 22.2. The maximum absolute atomic E-state index is 12.9. The Kier molecular flexibility index (Phi) is 6.77. The molecule has 0 unspecified atom stereocenters. The van der Waals surface area contributed by atoms with Crippen LogP contribution in [0.5, 0.6) is 5.75 Å². The zero-order valence-corrected chi connectivity index (χ0v) is 18.9. The average Bonchev–Trinajstić information content (AvgIpc) is 2.73. The number of sulfonamides is 1. The minimum Gasteiger partial charge on any atom is -0.495 e. The monoisotopic (exact) mass is 451 g/mol. The summed E-state index contributed by atoms with van der Waals surface area (Å²) in [7, 11) is -2.02. The van der Waals surface area contributed by atoms with Gasteiger partial charge in [-0.3, -0.25) is 9.10 Å². The molecule has 7 nitrogen and oxygen atoms in total. The van der Waals surface area contributed by atoms with Gasteiger partial charge in [0.05, 0.1) is 24.7 Å². The van der Waals surface area contributed by atoms with Gasteiger partial charge in [0.15, 0.2) is 0 Å². The van der Waals surface area contributed by atoms with Crippen molar-refractivity contribution >= 4 is 38.9 Å². The number of benzene rings is 2. The minimum atomic E-state index is -3.65. The number of para-hydroxylation sites is 2. The van der Waals surface area contributed by atoms with Crippen molar-refractivity contribution in [2.75, 3.05) is 55.3 Å². The number of nitrogens with zero attached hydrogens (tertiary/aromatic N) is 3. The van der Waals surface area contributed by atoms with E-state index in [9.17, 15) is 13.2 Å². The number of rotatable bonds is 6. The zero-order valence-electron chi connectivity index (χ0n) is 17.3. The van der Waals surface area contributed by atoms with Crippen molar-refractivity contribution in [3.8, 4) is 5.75 Å². The van der Waals surface area contributed by atoms with Gasteiger partial charge in [-0.1, -0.05) is 29.8 Å². The SMILES string of the molecule is COc1ccccc1N1CCN(C(=O)CN(c2cc(Cl)ccc2C)S(C)(=O)=O)CC1. The van der Waals surface area contributed by atoms with Crippen molar-refractivity contribution in [2.24, 2.45) is 0 Å². The summed E-state index contributed by atoms with van der Waals surface area (Å²) in [5, 5.41) is 0.419. The first-order valence-electron chi connectivity index (χ1n) is 9.60. The van der Waals surface area contributed by atoms with Crippen LogP contribution in [0.15, 0.2) is 42.5 Å². The Morgan fingerprint density at radius 1 is 1.13 bits per heavy atom. The number of anilines is 2. The van der Waals surface area contributed by atoms with E-state index in [0.29, 0.717) is 36.9 Å². The Morgan fingerprint density at radius 2 is 1.80 bits per heavy atom. The fraction of sp³-hybridized carbons (Fsp3) is 0.381. The van der Waals surface area contributed by atoms with Gasteiger partial charge in [-0.15, -0.1) is 0 Å². The van der Waals surface area contributed by atoms with E-state index in [2.05, 4.69) is 4.90 Å². The number of aryl methyl sites for hydroxylation is 1. The lowest BCUT2D eigenvalue weighted by molar-refractivity contribution is -0.129. The topological polar surface area (TPSA) is 70.2 Å². The third-order valence-electron chi connectivity index (χ3n) is 5.18. The summed E-state index contributed by atoms with van der Waals surface area (Å²) in [6, 6.07) is 12.8. The van der Waals surface area contributed by atoms with Gasteiger partial charge in [0, 0.05) is 31.2 Å². The molecule has 1 aliphatic heterocycles. The van der Waals surface area contributed by atoms with E-state index in [0.717, 1.165) is 27.6 Å². The highest BCUT2D eigenvalue weighted by Crippen LogP contribution is 2.29. The van der Waals surface area contributed by atoms with Crippen LogP contribution in [0.3, 0.4) is 0 Å². The van der Waals surface area contributed by atoms with E-state index in [1.54, 1.807) is 37.1 Å². The van der Waals surface area contributed by atoms with Crippen LogP contribution in [0.1, 0.15) is 5.56 Å². The molecule has 162 valence electrons. The van der Waals surface area contributed by atoms with Crippen LogP contribution in [0.25, 0.3) is 0 Å². The van der Waals surface area contributed by atoms with Crippen LogP contribution in [0, 0.1) is 6.92 Å². The first-order valence-corrected chi connectivity index (χ1v) is 11.8. The second-order valence-corrected chi connectivity index (χ2v) is 9.58. The van der Waals surface area contributed by atoms with Gasteiger partial charge in [0.25, 0.3) is 0 Å². The molecule has 1 aliphatic rings. The van der Waals surface area contributed by atoms with Crippen molar-refractivity contribution in [2.45, 2.75) is 6.92 Å². The molecule has 0 bridgehead atoms. The summed E-state index contributed by atoms with van der Waals surface area (Å²) in [6.45, 7) is 3.82. The van der Waals surface area contributed by atoms with Gasteiger partial charge in [-0.2, -0.15) is 0 Å². The predicted octanol–water partition coefficient (Wildman–Crippen LogP) is 2.77. The third kappa shape index (κ3) is 4.99. The highest BCUT2D eigenvalue weighted by atomic mass is 35.5.